The van der Waals surface area contributed by atoms with E-state index in [-0.39, 0.29) is 17.9 Å². The summed E-state index contributed by atoms with van der Waals surface area (Å²) in [5.41, 5.74) is 4.35. The smallest absolute Gasteiger partial charge is 0.247 e. The monoisotopic (exact) mass is 409 g/mol. The number of nitrogens with zero attached hydrogens (tertiary/aromatic N) is 3. The third-order valence-electron chi connectivity index (χ3n) is 5.76. The SMILES string of the molecule is Cc1cc(/C=C/C(=O)N2CSC[C@H]2C(=O)N2CCCC2)c(C)n1-c1ccccc1. The normalized spacial score (nSPS) is 19.4. The molecule has 5 nitrogen and oxygen atoms in total. The zero-order valence-electron chi connectivity index (χ0n) is 17.0. The summed E-state index contributed by atoms with van der Waals surface area (Å²) in [6.45, 7) is 5.78. The highest BCUT2D eigenvalue weighted by Gasteiger charge is 2.36. The van der Waals surface area contributed by atoms with Crippen molar-refractivity contribution < 1.29 is 9.59 Å². The number of amides is 2. The lowest BCUT2D eigenvalue weighted by molar-refractivity contribution is -0.140. The van der Waals surface area contributed by atoms with E-state index in [0.29, 0.717) is 11.6 Å². The summed E-state index contributed by atoms with van der Waals surface area (Å²) in [6, 6.07) is 12.0. The summed E-state index contributed by atoms with van der Waals surface area (Å²) in [7, 11) is 0. The first-order valence-corrected chi connectivity index (χ1v) is 11.3. The van der Waals surface area contributed by atoms with Crippen LogP contribution < -0.4 is 0 Å². The fraction of sp³-hybridized carbons (Fsp3) is 0.391. The van der Waals surface area contributed by atoms with Gasteiger partial charge in [-0.3, -0.25) is 9.59 Å². The molecule has 6 heteroatoms. The van der Waals surface area contributed by atoms with Gasteiger partial charge in [0.2, 0.25) is 11.8 Å². The Labute approximate surface area is 176 Å². The van der Waals surface area contributed by atoms with Gasteiger partial charge in [-0.2, -0.15) is 0 Å². The molecule has 4 rings (SSSR count). The second-order valence-corrected chi connectivity index (χ2v) is 8.69. The van der Waals surface area contributed by atoms with Gasteiger partial charge in [-0.25, -0.2) is 0 Å². The molecule has 3 heterocycles. The van der Waals surface area contributed by atoms with Crippen molar-refractivity contribution in [2.75, 3.05) is 24.7 Å². The molecule has 0 saturated carbocycles. The average molecular weight is 410 g/mol. The van der Waals surface area contributed by atoms with Gasteiger partial charge in [0.15, 0.2) is 0 Å². The van der Waals surface area contributed by atoms with Crippen LogP contribution in [0.3, 0.4) is 0 Å². The molecule has 1 aromatic carbocycles. The summed E-state index contributed by atoms with van der Waals surface area (Å²) < 4.78 is 2.19. The van der Waals surface area contributed by atoms with Gasteiger partial charge in [0.1, 0.15) is 6.04 Å². The van der Waals surface area contributed by atoms with Crippen LogP contribution in [0.4, 0.5) is 0 Å². The lowest BCUT2D eigenvalue weighted by Crippen LogP contribution is -2.47. The van der Waals surface area contributed by atoms with Gasteiger partial charge in [-0.15, -0.1) is 11.8 Å². The molecule has 0 bridgehead atoms. The van der Waals surface area contributed by atoms with Gasteiger partial charge in [-0.05, 0) is 56.5 Å². The van der Waals surface area contributed by atoms with Gasteiger partial charge in [-0.1, -0.05) is 18.2 Å². The predicted molar refractivity (Wildman–Crippen MR) is 118 cm³/mol. The number of likely N-dealkylation sites (tertiary alicyclic amines) is 1. The minimum atomic E-state index is -0.327. The second-order valence-electron chi connectivity index (χ2n) is 7.69. The van der Waals surface area contributed by atoms with Crippen molar-refractivity contribution in [2.45, 2.75) is 32.7 Å². The second kappa shape index (κ2) is 8.49. The first kappa shape index (κ1) is 19.8. The molecule has 0 aliphatic carbocycles. The predicted octanol–water partition coefficient (Wildman–Crippen LogP) is 3.63. The van der Waals surface area contributed by atoms with E-state index in [0.717, 1.165) is 48.6 Å². The highest BCUT2D eigenvalue weighted by molar-refractivity contribution is 7.99. The first-order chi connectivity index (χ1) is 14.1. The molecule has 2 saturated heterocycles. The molecule has 2 fully saturated rings. The number of rotatable bonds is 4. The van der Waals surface area contributed by atoms with E-state index in [1.807, 2.05) is 29.2 Å². The molecule has 2 aliphatic rings. The van der Waals surface area contributed by atoms with E-state index in [2.05, 4.69) is 36.6 Å². The molecule has 152 valence electrons. The zero-order chi connectivity index (χ0) is 20.4. The summed E-state index contributed by atoms with van der Waals surface area (Å²) in [6.07, 6.45) is 5.63. The fourth-order valence-corrected chi connectivity index (χ4v) is 5.36. The quantitative estimate of drug-likeness (QED) is 0.725. The van der Waals surface area contributed by atoms with Crippen LogP contribution in [0.2, 0.25) is 0 Å². The molecule has 0 N–H and O–H groups in total. The van der Waals surface area contributed by atoms with Gasteiger partial charge < -0.3 is 14.4 Å². The van der Waals surface area contributed by atoms with E-state index < -0.39 is 0 Å². The molecule has 2 amide bonds. The van der Waals surface area contributed by atoms with Crippen molar-refractivity contribution in [3.05, 3.63) is 59.4 Å². The number of para-hydroxylation sites is 1. The number of hydrogen-bond donors (Lipinski definition) is 0. The first-order valence-electron chi connectivity index (χ1n) is 10.2. The Morgan fingerprint density at radius 3 is 2.55 bits per heavy atom. The van der Waals surface area contributed by atoms with Crippen LogP contribution in [0.1, 0.15) is 29.8 Å². The van der Waals surface area contributed by atoms with Gasteiger partial charge in [0, 0.05) is 42.0 Å². The average Bonchev–Trinajstić information content (AvgIpc) is 3.47. The van der Waals surface area contributed by atoms with Crippen molar-refractivity contribution >= 4 is 29.7 Å². The molecule has 1 aromatic heterocycles. The Balaban J connectivity index is 1.50. The van der Waals surface area contributed by atoms with Crippen LogP contribution in [-0.2, 0) is 9.59 Å². The maximum Gasteiger partial charge on any atom is 0.247 e. The van der Waals surface area contributed by atoms with Crippen LogP contribution in [0, 0.1) is 13.8 Å². The largest absolute Gasteiger partial charge is 0.341 e. The fourth-order valence-electron chi connectivity index (χ4n) is 4.20. The van der Waals surface area contributed by atoms with Crippen LogP contribution in [-0.4, -0.2) is 56.9 Å². The topological polar surface area (TPSA) is 45.6 Å². The molecule has 0 unspecified atom stereocenters. The van der Waals surface area contributed by atoms with E-state index in [4.69, 9.17) is 0 Å². The van der Waals surface area contributed by atoms with Crippen molar-refractivity contribution in [3.63, 3.8) is 0 Å². The molecule has 2 aliphatic heterocycles. The van der Waals surface area contributed by atoms with Crippen LogP contribution in [0.25, 0.3) is 11.8 Å². The third-order valence-corrected chi connectivity index (χ3v) is 6.77. The zero-order valence-corrected chi connectivity index (χ0v) is 17.8. The van der Waals surface area contributed by atoms with E-state index in [1.54, 1.807) is 22.7 Å². The summed E-state index contributed by atoms with van der Waals surface area (Å²) in [5.74, 6) is 1.29. The lowest BCUT2D eigenvalue weighted by atomic mass is 10.2. The molecule has 1 atom stereocenters. The summed E-state index contributed by atoms with van der Waals surface area (Å²) >= 11 is 1.65. The maximum absolute atomic E-state index is 12.9. The van der Waals surface area contributed by atoms with E-state index in [1.165, 1.54) is 0 Å². The van der Waals surface area contributed by atoms with Crippen molar-refractivity contribution in [3.8, 4) is 5.69 Å². The highest BCUT2D eigenvalue weighted by atomic mass is 32.2. The number of aromatic nitrogens is 1. The van der Waals surface area contributed by atoms with Crippen molar-refractivity contribution in [1.82, 2.24) is 14.4 Å². The maximum atomic E-state index is 12.9. The number of thioether (sulfide) groups is 1. The van der Waals surface area contributed by atoms with Gasteiger partial charge in [0.05, 0.1) is 5.88 Å². The van der Waals surface area contributed by atoms with Crippen molar-refractivity contribution in [2.24, 2.45) is 0 Å². The molecule has 2 aromatic rings. The highest BCUT2D eigenvalue weighted by Crippen LogP contribution is 2.25. The van der Waals surface area contributed by atoms with Crippen LogP contribution in [0.5, 0.6) is 0 Å². The lowest BCUT2D eigenvalue weighted by Gasteiger charge is -2.26. The Bertz CT molecular complexity index is 929. The molecular formula is C23H27N3O2S. The van der Waals surface area contributed by atoms with Crippen LogP contribution >= 0.6 is 11.8 Å². The number of carbonyl (C=O) groups is 2. The number of carbonyl (C=O) groups excluding carboxylic acids is 2. The Morgan fingerprint density at radius 1 is 1.10 bits per heavy atom. The Kier molecular flexibility index (Phi) is 5.81. The Morgan fingerprint density at radius 2 is 1.83 bits per heavy atom. The summed E-state index contributed by atoms with van der Waals surface area (Å²) in [5, 5.41) is 0. The molecule has 0 radical (unpaired) electrons. The number of benzene rings is 1. The number of hydrogen-bond acceptors (Lipinski definition) is 3. The van der Waals surface area contributed by atoms with Crippen molar-refractivity contribution in [1.29, 1.82) is 0 Å². The van der Waals surface area contributed by atoms with Crippen LogP contribution in [0.15, 0.2) is 42.5 Å². The molecule has 0 spiro atoms. The minimum absolute atomic E-state index is 0.0861. The van der Waals surface area contributed by atoms with Gasteiger partial charge in [0.25, 0.3) is 0 Å². The number of aryl methyl sites for hydroxylation is 1. The molecular weight excluding hydrogens is 382 g/mol. The summed E-state index contributed by atoms with van der Waals surface area (Å²) in [4.78, 5) is 29.3. The van der Waals surface area contributed by atoms with E-state index >= 15 is 0 Å². The Hall–Kier alpha value is -2.47. The minimum Gasteiger partial charge on any atom is -0.341 e. The standard InChI is InChI=1S/C23H27N3O2S/c1-17-14-19(18(2)26(17)20-8-4-3-5-9-20)10-11-22(27)25-16-29-15-21(25)23(28)24-12-6-7-13-24/h3-5,8-11,14,21H,6-7,12-13,15-16H2,1-2H3/b11-10+/t21-/m0/s1. The molecule has 29 heavy (non-hydrogen) atoms. The van der Waals surface area contributed by atoms with Gasteiger partial charge >= 0.3 is 0 Å². The third kappa shape index (κ3) is 3.99. The van der Waals surface area contributed by atoms with E-state index in [9.17, 15) is 9.59 Å².